The van der Waals surface area contributed by atoms with Crippen molar-refractivity contribution >= 4 is 10.0 Å². The first-order valence-corrected chi connectivity index (χ1v) is 8.13. The lowest BCUT2D eigenvalue weighted by atomic mass is 10.1. The van der Waals surface area contributed by atoms with E-state index < -0.39 is 10.0 Å². The van der Waals surface area contributed by atoms with E-state index in [0.717, 1.165) is 17.7 Å². The summed E-state index contributed by atoms with van der Waals surface area (Å²) in [6.45, 7) is 6.25. The highest BCUT2D eigenvalue weighted by atomic mass is 32.2. The van der Waals surface area contributed by atoms with Crippen molar-refractivity contribution in [3.63, 3.8) is 0 Å². The van der Waals surface area contributed by atoms with E-state index in [9.17, 15) is 8.42 Å². The van der Waals surface area contributed by atoms with Crippen LogP contribution in [0.1, 0.15) is 18.1 Å². The summed E-state index contributed by atoms with van der Waals surface area (Å²) in [4.78, 5) is 0.328. The fraction of sp³-hybridized carbons (Fsp3) is 0.571. The Bertz CT molecular complexity index is 529. The van der Waals surface area contributed by atoms with Crippen LogP contribution in [0.3, 0.4) is 0 Å². The van der Waals surface area contributed by atoms with Gasteiger partial charge >= 0.3 is 0 Å². The number of rotatable bonds is 8. The molecule has 0 spiro atoms. The van der Waals surface area contributed by atoms with Gasteiger partial charge < -0.3 is 10.1 Å². The Kier molecular flexibility index (Phi) is 6.61. The van der Waals surface area contributed by atoms with E-state index in [-0.39, 0.29) is 0 Å². The number of nitrogens with zero attached hydrogens (tertiary/aromatic N) is 1. The van der Waals surface area contributed by atoms with Crippen molar-refractivity contribution in [1.29, 1.82) is 0 Å². The molecule has 1 N–H and O–H groups in total. The molecule has 1 aromatic rings. The van der Waals surface area contributed by atoms with Gasteiger partial charge in [0, 0.05) is 27.2 Å². The van der Waals surface area contributed by atoms with Crippen LogP contribution in [0, 0.1) is 6.92 Å². The lowest BCUT2D eigenvalue weighted by molar-refractivity contribution is 0.185. The minimum Gasteiger partial charge on any atom is -0.383 e. The zero-order valence-corrected chi connectivity index (χ0v) is 13.5. The smallest absolute Gasteiger partial charge is 0.242 e. The van der Waals surface area contributed by atoms with E-state index in [1.165, 1.54) is 4.31 Å². The second-order valence-electron chi connectivity index (χ2n) is 4.69. The average Bonchev–Trinajstić information content (AvgIpc) is 2.43. The molecule has 0 unspecified atom stereocenters. The van der Waals surface area contributed by atoms with E-state index >= 15 is 0 Å². The molecule has 0 aromatic heterocycles. The number of aryl methyl sites for hydroxylation is 1. The fourth-order valence-corrected chi connectivity index (χ4v) is 2.98. The molecular weight excluding hydrogens is 276 g/mol. The van der Waals surface area contributed by atoms with Gasteiger partial charge in [-0.2, -0.15) is 4.31 Å². The Labute approximate surface area is 122 Å². The first kappa shape index (κ1) is 17.1. The van der Waals surface area contributed by atoms with Crippen molar-refractivity contribution in [2.24, 2.45) is 0 Å². The summed E-state index contributed by atoms with van der Waals surface area (Å²) >= 11 is 0. The molecular formula is C14H24N2O3S. The maximum Gasteiger partial charge on any atom is 0.242 e. The number of ether oxygens (including phenoxy) is 1. The molecule has 1 rings (SSSR count). The zero-order chi connectivity index (χ0) is 15.2. The van der Waals surface area contributed by atoms with Gasteiger partial charge in [0.1, 0.15) is 0 Å². The van der Waals surface area contributed by atoms with Crippen molar-refractivity contribution in [2.45, 2.75) is 25.3 Å². The van der Waals surface area contributed by atoms with Crippen molar-refractivity contribution in [3.05, 3.63) is 29.3 Å². The number of methoxy groups -OCH3 is 1. The molecule has 0 aliphatic heterocycles. The number of benzene rings is 1. The minimum absolute atomic E-state index is 0.328. The van der Waals surface area contributed by atoms with Gasteiger partial charge in [0.2, 0.25) is 10.0 Å². The van der Waals surface area contributed by atoms with Crippen molar-refractivity contribution in [2.75, 3.05) is 33.9 Å². The molecule has 0 saturated heterocycles. The maximum atomic E-state index is 12.4. The standard InChI is InChI=1S/C14H24N2O3S/c1-5-15-11-13-10-14(7-6-12(13)2)20(17,18)16(3)8-9-19-4/h6-7,10,15H,5,8-9,11H2,1-4H3. The van der Waals surface area contributed by atoms with E-state index in [4.69, 9.17) is 4.74 Å². The third-order valence-corrected chi connectivity index (χ3v) is 5.06. The van der Waals surface area contributed by atoms with Crippen LogP contribution in [0.2, 0.25) is 0 Å². The highest BCUT2D eigenvalue weighted by molar-refractivity contribution is 7.89. The number of nitrogens with one attached hydrogen (secondary N) is 1. The Morgan fingerprint density at radius 3 is 2.65 bits per heavy atom. The molecule has 0 aliphatic carbocycles. The number of likely N-dealkylation sites (N-methyl/N-ethyl adjacent to an activating group) is 1. The van der Waals surface area contributed by atoms with Gasteiger partial charge in [-0.1, -0.05) is 13.0 Å². The van der Waals surface area contributed by atoms with Crippen LogP contribution in [-0.2, 0) is 21.3 Å². The van der Waals surface area contributed by atoms with Gasteiger partial charge in [-0.3, -0.25) is 0 Å². The van der Waals surface area contributed by atoms with Crippen LogP contribution < -0.4 is 5.32 Å². The maximum absolute atomic E-state index is 12.4. The molecule has 1 aromatic carbocycles. The summed E-state index contributed by atoms with van der Waals surface area (Å²) < 4.78 is 31.1. The summed E-state index contributed by atoms with van der Waals surface area (Å²) in [7, 11) is -0.326. The van der Waals surface area contributed by atoms with Gasteiger partial charge in [0.05, 0.1) is 11.5 Å². The Morgan fingerprint density at radius 2 is 2.05 bits per heavy atom. The zero-order valence-electron chi connectivity index (χ0n) is 12.6. The van der Waals surface area contributed by atoms with E-state index in [1.54, 1.807) is 26.3 Å². The molecule has 20 heavy (non-hydrogen) atoms. The number of sulfonamides is 1. The van der Waals surface area contributed by atoms with Crippen molar-refractivity contribution in [3.8, 4) is 0 Å². The highest BCUT2D eigenvalue weighted by Crippen LogP contribution is 2.18. The number of hydrogen-bond acceptors (Lipinski definition) is 4. The molecule has 0 heterocycles. The first-order valence-electron chi connectivity index (χ1n) is 6.69. The SMILES string of the molecule is CCNCc1cc(S(=O)(=O)N(C)CCOC)ccc1C. The van der Waals surface area contributed by atoms with Crippen LogP contribution in [0.5, 0.6) is 0 Å². The second kappa shape index (κ2) is 7.73. The third kappa shape index (κ3) is 4.28. The lowest BCUT2D eigenvalue weighted by Gasteiger charge is -2.18. The van der Waals surface area contributed by atoms with Gasteiger partial charge in [0.15, 0.2) is 0 Å². The molecule has 114 valence electrons. The molecule has 5 nitrogen and oxygen atoms in total. The molecule has 0 fully saturated rings. The summed E-state index contributed by atoms with van der Waals surface area (Å²) in [6.07, 6.45) is 0. The van der Waals surface area contributed by atoms with Gasteiger partial charge in [-0.15, -0.1) is 0 Å². The van der Waals surface area contributed by atoms with Gasteiger partial charge in [0.25, 0.3) is 0 Å². The molecule has 0 amide bonds. The predicted molar refractivity (Wildman–Crippen MR) is 80.3 cm³/mol. The van der Waals surface area contributed by atoms with Crippen molar-refractivity contribution in [1.82, 2.24) is 9.62 Å². The normalized spacial score (nSPS) is 12.1. The van der Waals surface area contributed by atoms with Gasteiger partial charge in [-0.25, -0.2) is 8.42 Å². The quantitative estimate of drug-likeness (QED) is 0.788. The van der Waals surface area contributed by atoms with E-state index in [1.807, 2.05) is 19.9 Å². The second-order valence-corrected chi connectivity index (χ2v) is 6.73. The van der Waals surface area contributed by atoms with Crippen LogP contribution in [0.25, 0.3) is 0 Å². The molecule has 0 aliphatic rings. The van der Waals surface area contributed by atoms with Crippen LogP contribution in [-0.4, -0.2) is 46.6 Å². The molecule has 0 bridgehead atoms. The van der Waals surface area contributed by atoms with Crippen LogP contribution in [0.15, 0.2) is 23.1 Å². The fourth-order valence-electron chi connectivity index (χ4n) is 1.78. The van der Waals surface area contributed by atoms with Gasteiger partial charge in [-0.05, 0) is 36.7 Å². The largest absolute Gasteiger partial charge is 0.383 e. The van der Waals surface area contributed by atoms with E-state index in [0.29, 0.717) is 24.6 Å². The topological polar surface area (TPSA) is 58.6 Å². The van der Waals surface area contributed by atoms with Crippen LogP contribution >= 0.6 is 0 Å². The summed E-state index contributed by atoms with van der Waals surface area (Å²) in [6, 6.07) is 5.25. The summed E-state index contributed by atoms with van der Waals surface area (Å²) in [5.74, 6) is 0. The van der Waals surface area contributed by atoms with Crippen LogP contribution in [0.4, 0.5) is 0 Å². The minimum atomic E-state index is -3.45. The average molecular weight is 300 g/mol. The Balaban J connectivity index is 3.00. The highest BCUT2D eigenvalue weighted by Gasteiger charge is 2.21. The monoisotopic (exact) mass is 300 g/mol. The predicted octanol–water partition coefficient (Wildman–Crippen LogP) is 1.37. The first-order chi connectivity index (χ1) is 9.43. The summed E-state index contributed by atoms with van der Waals surface area (Å²) in [5.41, 5.74) is 2.09. The molecule has 0 radical (unpaired) electrons. The molecule has 0 saturated carbocycles. The summed E-state index contributed by atoms with van der Waals surface area (Å²) in [5, 5.41) is 3.22. The lowest BCUT2D eigenvalue weighted by Crippen LogP contribution is -2.30. The third-order valence-electron chi connectivity index (χ3n) is 3.20. The number of hydrogen-bond donors (Lipinski definition) is 1. The molecule has 6 heteroatoms. The van der Waals surface area contributed by atoms with Crippen molar-refractivity contribution < 1.29 is 13.2 Å². The molecule has 0 atom stereocenters. The Hall–Kier alpha value is -0.950. The Morgan fingerprint density at radius 1 is 1.35 bits per heavy atom. The van der Waals surface area contributed by atoms with E-state index in [2.05, 4.69) is 5.32 Å².